The van der Waals surface area contributed by atoms with E-state index >= 15 is 0 Å². The Hall–Kier alpha value is -3.57. The van der Waals surface area contributed by atoms with Crippen LogP contribution in [-0.4, -0.2) is 44.0 Å². The Morgan fingerprint density at radius 2 is 2.06 bits per heavy atom. The Kier molecular flexibility index (Phi) is 6.49. The SMILES string of the molecule is CC(C)(O)C(NC(=O)Nc1cc(N)c(C(=N)N2CCc3ncsc3C2)cn1)c1ccc(F)cc1. The van der Waals surface area contributed by atoms with Crippen LogP contribution in [0.15, 0.2) is 42.0 Å². The second-order valence-electron chi connectivity index (χ2n) is 8.64. The molecule has 0 aliphatic carbocycles. The number of amidine groups is 1. The van der Waals surface area contributed by atoms with Crippen molar-refractivity contribution in [2.24, 2.45) is 0 Å². The Labute approximate surface area is 200 Å². The summed E-state index contributed by atoms with van der Waals surface area (Å²) in [6.07, 6.45) is 2.23. The number of nitrogens with zero attached hydrogens (tertiary/aromatic N) is 3. The number of aromatic nitrogens is 2. The lowest BCUT2D eigenvalue weighted by Crippen LogP contribution is -2.44. The van der Waals surface area contributed by atoms with Gasteiger partial charge in [0.25, 0.3) is 0 Å². The van der Waals surface area contributed by atoms with Gasteiger partial charge in [0.05, 0.1) is 35.0 Å². The molecule has 9 nitrogen and oxygen atoms in total. The standard InChI is InChI=1S/C23H26FN7O2S/c1-23(2,33)20(13-3-5-14(24)6-4-13)30-22(32)29-19-9-16(25)15(10-27-19)21(26)31-8-7-17-18(11-31)34-12-28-17/h3-6,9-10,12,20,26,33H,7-8,11H2,1-2H3,(H4,25,27,29,30,32). The molecule has 1 aliphatic rings. The first-order valence-corrected chi connectivity index (χ1v) is 11.6. The van der Waals surface area contributed by atoms with E-state index in [1.165, 1.54) is 36.5 Å². The molecule has 0 radical (unpaired) electrons. The molecule has 0 spiro atoms. The molecule has 6 N–H and O–H groups in total. The molecular weight excluding hydrogens is 457 g/mol. The predicted molar refractivity (Wildman–Crippen MR) is 129 cm³/mol. The first-order valence-electron chi connectivity index (χ1n) is 10.7. The van der Waals surface area contributed by atoms with Crippen molar-refractivity contribution in [3.8, 4) is 0 Å². The molecule has 178 valence electrons. The highest BCUT2D eigenvalue weighted by Crippen LogP contribution is 2.27. The summed E-state index contributed by atoms with van der Waals surface area (Å²) in [6.45, 7) is 4.36. The average molecular weight is 484 g/mol. The number of pyridine rings is 1. The first kappa shape index (κ1) is 23.6. The van der Waals surface area contributed by atoms with Gasteiger partial charge >= 0.3 is 6.03 Å². The van der Waals surface area contributed by atoms with E-state index < -0.39 is 23.5 Å². The topological polar surface area (TPSA) is 140 Å². The summed E-state index contributed by atoms with van der Waals surface area (Å²) < 4.78 is 13.3. The molecule has 1 atom stereocenters. The highest BCUT2D eigenvalue weighted by Gasteiger charge is 2.30. The van der Waals surface area contributed by atoms with Gasteiger partial charge in [-0.3, -0.25) is 10.7 Å². The maximum absolute atomic E-state index is 13.3. The molecule has 1 unspecified atom stereocenters. The number of fused-ring (bicyclic) bond motifs is 1. The zero-order valence-corrected chi connectivity index (χ0v) is 19.6. The maximum atomic E-state index is 13.3. The highest BCUT2D eigenvalue weighted by molar-refractivity contribution is 7.09. The lowest BCUT2D eigenvalue weighted by atomic mass is 9.92. The van der Waals surface area contributed by atoms with Crippen molar-refractivity contribution >= 4 is 34.7 Å². The highest BCUT2D eigenvalue weighted by atomic mass is 32.1. The summed E-state index contributed by atoms with van der Waals surface area (Å²) in [6, 6.07) is 5.62. The molecule has 2 aromatic heterocycles. The van der Waals surface area contributed by atoms with Gasteiger partial charge < -0.3 is 21.1 Å². The summed E-state index contributed by atoms with van der Waals surface area (Å²) in [5.74, 6) is 0.0482. The van der Waals surface area contributed by atoms with Crippen molar-refractivity contribution in [1.29, 1.82) is 5.41 Å². The van der Waals surface area contributed by atoms with Gasteiger partial charge in [0.15, 0.2) is 0 Å². The van der Waals surface area contributed by atoms with Gasteiger partial charge in [-0.15, -0.1) is 11.3 Å². The van der Waals surface area contributed by atoms with Crippen molar-refractivity contribution in [3.63, 3.8) is 0 Å². The van der Waals surface area contributed by atoms with E-state index in [1.54, 1.807) is 25.2 Å². The minimum Gasteiger partial charge on any atom is -0.398 e. The summed E-state index contributed by atoms with van der Waals surface area (Å²) in [5.41, 5.74) is 9.10. The van der Waals surface area contributed by atoms with Crippen LogP contribution in [0.5, 0.6) is 0 Å². The Balaban J connectivity index is 1.44. The Bertz CT molecular complexity index is 1210. The Morgan fingerprint density at radius 1 is 1.32 bits per heavy atom. The van der Waals surface area contributed by atoms with Gasteiger partial charge in [0.2, 0.25) is 0 Å². The number of urea groups is 1. The molecule has 0 bridgehead atoms. The van der Waals surface area contributed by atoms with Crippen LogP contribution in [0.3, 0.4) is 0 Å². The molecule has 1 aliphatic heterocycles. The van der Waals surface area contributed by atoms with Crippen LogP contribution in [0.1, 0.15) is 41.6 Å². The number of amides is 2. The molecular formula is C23H26FN7O2S. The number of hydrogen-bond acceptors (Lipinski definition) is 7. The third-order valence-electron chi connectivity index (χ3n) is 5.61. The smallest absolute Gasteiger partial charge is 0.320 e. The van der Waals surface area contributed by atoms with Crippen LogP contribution >= 0.6 is 11.3 Å². The first-order chi connectivity index (χ1) is 16.1. The molecule has 11 heteroatoms. The molecule has 3 heterocycles. The number of carbonyl (C=O) groups excluding carboxylic acids is 1. The molecule has 2 amide bonds. The van der Waals surface area contributed by atoms with E-state index in [0.29, 0.717) is 29.9 Å². The molecule has 3 aromatic rings. The zero-order valence-electron chi connectivity index (χ0n) is 18.8. The van der Waals surface area contributed by atoms with Gasteiger partial charge in [0, 0.05) is 35.8 Å². The monoisotopic (exact) mass is 483 g/mol. The van der Waals surface area contributed by atoms with E-state index in [1.807, 2.05) is 10.4 Å². The van der Waals surface area contributed by atoms with Crippen LogP contribution < -0.4 is 16.4 Å². The average Bonchev–Trinajstić information content (AvgIpc) is 3.25. The molecule has 0 fully saturated rings. The normalized spacial score (nSPS) is 14.3. The van der Waals surface area contributed by atoms with Crippen molar-refractivity contribution in [3.05, 3.63) is 69.6 Å². The summed E-state index contributed by atoms with van der Waals surface area (Å²) in [5, 5.41) is 24.4. The number of anilines is 2. The van der Waals surface area contributed by atoms with Crippen molar-refractivity contribution in [2.75, 3.05) is 17.6 Å². The molecule has 1 aromatic carbocycles. The van der Waals surface area contributed by atoms with E-state index in [9.17, 15) is 14.3 Å². The zero-order chi connectivity index (χ0) is 24.5. The van der Waals surface area contributed by atoms with Gasteiger partial charge in [0.1, 0.15) is 17.5 Å². The van der Waals surface area contributed by atoms with E-state index in [2.05, 4.69) is 20.6 Å². The predicted octanol–water partition coefficient (Wildman–Crippen LogP) is 3.28. The molecule has 4 rings (SSSR count). The minimum atomic E-state index is -1.31. The van der Waals surface area contributed by atoms with E-state index in [4.69, 9.17) is 11.1 Å². The number of benzene rings is 1. The number of thiazole rings is 1. The molecule has 0 saturated carbocycles. The second-order valence-corrected chi connectivity index (χ2v) is 9.58. The largest absolute Gasteiger partial charge is 0.398 e. The number of nitrogen functional groups attached to an aromatic ring is 1. The third kappa shape index (κ3) is 5.15. The fourth-order valence-electron chi connectivity index (χ4n) is 3.82. The summed E-state index contributed by atoms with van der Waals surface area (Å²) >= 11 is 1.57. The number of rotatable bonds is 5. The number of hydrogen-bond donors (Lipinski definition) is 5. The summed E-state index contributed by atoms with van der Waals surface area (Å²) in [7, 11) is 0. The lowest BCUT2D eigenvalue weighted by molar-refractivity contribution is 0.0415. The van der Waals surface area contributed by atoms with Crippen LogP contribution in [0.4, 0.5) is 20.7 Å². The number of aliphatic hydroxyl groups is 1. The third-order valence-corrected chi connectivity index (χ3v) is 6.47. The van der Waals surface area contributed by atoms with Crippen LogP contribution in [0, 0.1) is 11.2 Å². The number of halogens is 1. The maximum Gasteiger partial charge on any atom is 0.320 e. The number of nitrogens with one attached hydrogen (secondary N) is 3. The van der Waals surface area contributed by atoms with Gasteiger partial charge in [-0.1, -0.05) is 12.1 Å². The summed E-state index contributed by atoms with van der Waals surface area (Å²) in [4.78, 5) is 24.3. The fraction of sp³-hybridized carbons (Fsp3) is 0.304. The van der Waals surface area contributed by atoms with Gasteiger partial charge in [-0.05, 0) is 31.5 Å². The van der Waals surface area contributed by atoms with E-state index in [0.717, 1.165) is 17.0 Å². The fourth-order valence-corrected chi connectivity index (χ4v) is 4.65. The van der Waals surface area contributed by atoms with Crippen molar-refractivity contribution in [2.45, 2.75) is 38.5 Å². The quantitative estimate of drug-likeness (QED) is 0.279. The lowest BCUT2D eigenvalue weighted by Gasteiger charge is -2.30. The van der Waals surface area contributed by atoms with Crippen LogP contribution in [-0.2, 0) is 13.0 Å². The van der Waals surface area contributed by atoms with Gasteiger partial charge in [-0.25, -0.2) is 19.2 Å². The molecule has 34 heavy (non-hydrogen) atoms. The van der Waals surface area contributed by atoms with E-state index in [-0.39, 0.29) is 11.7 Å². The number of nitrogens with two attached hydrogens (primary N) is 1. The van der Waals surface area contributed by atoms with Crippen LogP contribution in [0.25, 0.3) is 0 Å². The van der Waals surface area contributed by atoms with Crippen molar-refractivity contribution < 1.29 is 14.3 Å². The van der Waals surface area contributed by atoms with Crippen LogP contribution in [0.2, 0.25) is 0 Å². The van der Waals surface area contributed by atoms with Gasteiger partial charge in [-0.2, -0.15) is 0 Å². The molecule has 0 saturated heterocycles. The second kappa shape index (κ2) is 9.35. The minimum absolute atomic E-state index is 0.198. The van der Waals surface area contributed by atoms with Crippen molar-refractivity contribution in [1.82, 2.24) is 20.2 Å². The Morgan fingerprint density at radius 3 is 2.74 bits per heavy atom. The number of carbonyl (C=O) groups is 1.